The molecule has 2 fully saturated rings. The fourth-order valence-corrected chi connectivity index (χ4v) is 14.7. The molecule has 0 spiro atoms. The molecule has 4 aromatic carbocycles. The number of nitrogens with zero attached hydrogens (tertiary/aromatic N) is 6. The minimum absolute atomic E-state index is 0. The molecule has 538 valence electrons. The first-order chi connectivity index (χ1) is 45.4. The standard InChI is InChI=1S/C15H18F3NO3S.C14H19NO.C12H16BrNO.C12H19NO.C12H17NO.C6H11NO.C3H6.CH2O3.Na/c1-5-11-9(2)13-8-19(4)7-6-12(13)10(3)14(11)22-23(20,21)15(16,17)18;1-5-11-9(2)13-8-15(4)7-6-12(13)10(3)14(11)16;1-7-10-6-14(3)5-4-9(10)8(2)12(15)11(7)13;2*1-8-6-12(14)9(2)10-4-5-13(3)7-11(8)10;1-7-4-2-6(8)3-5-7;1-3-2;2-1-4-3;/h5H,1,6-8H2,2-4H3;5,16H,1,6-8H2,2-4H3;15H,4-6H2,1-3H3;8,11H,4-7H2,1-3H3;6,14H,4-5,7H2,1-3H3;2-5H2,1H3;3H,1H2,2H3;1,3H;/q;;;;;;;;+1/p-1. The van der Waals surface area contributed by atoms with E-state index in [1.807, 2.05) is 54.8 Å². The summed E-state index contributed by atoms with van der Waals surface area (Å²) in [6.45, 7) is 44.0. The van der Waals surface area contributed by atoms with Crippen molar-refractivity contribution in [2.45, 2.75) is 159 Å². The molecule has 2 saturated heterocycles. The first-order valence-electron chi connectivity index (χ1n) is 33.1. The van der Waals surface area contributed by atoms with Gasteiger partial charge in [-0.1, -0.05) is 43.9 Å². The van der Waals surface area contributed by atoms with E-state index in [2.05, 4.69) is 130 Å². The van der Waals surface area contributed by atoms with E-state index < -0.39 is 15.6 Å². The number of likely N-dealkylation sites (tertiary alicyclic amines) is 2. The summed E-state index contributed by atoms with van der Waals surface area (Å²) in [4.78, 5) is 47.1. The number of halogens is 4. The van der Waals surface area contributed by atoms with E-state index in [4.69, 9.17) is 10.1 Å². The van der Waals surface area contributed by atoms with E-state index in [9.17, 15) is 46.5 Å². The first kappa shape index (κ1) is 87.0. The zero-order chi connectivity index (χ0) is 73.3. The predicted molar refractivity (Wildman–Crippen MR) is 384 cm³/mol. The second-order valence-electron chi connectivity index (χ2n) is 26.7. The number of allylic oxidation sites excluding steroid dienone is 2. The van der Waals surface area contributed by atoms with Crippen molar-refractivity contribution in [3.05, 3.63) is 148 Å². The van der Waals surface area contributed by atoms with Gasteiger partial charge in [0.2, 0.25) is 0 Å². The molecule has 4 aromatic rings. The monoisotopic (exact) mass is 1460 g/mol. The van der Waals surface area contributed by atoms with Gasteiger partial charge in [0.05, 0.1) is 4.47 Å². The molecule has 11 rings (SSSR count). The molecule has 0 saturated carbocycles. The van der Waals surface area contributed by atoms with Crippen LogP contribution >= 0.6 is 15.9 Å². The molecular weight excluding hydrogens is 1350 g/mol. The average molecular weight is 1460 g/mol. The number of phenols is 3. The van der Waals surface area contributed by atoms with Crippen molar-refractivity contribution < 1.29 is 95.2 Å². The predicted octanol–water partition coefficient (Wildman–Crippen LogP) is 9.33. The van der Waals surface area contributed by atoms with Crippen LogP contribution in [0.25, 0.3) is 12.2 Å². The summed E-state index contributed by atoms with van der Waals surface area (Å²) in [6.07, 6.45) is 12.0. The van der Waals surface area contributed by atoms with Gasteiger partial charge in [0.25, 0.3) is 6.47 Å². The van der Waals surface area contributed by atoms with Crippen LogP contribution in [0.2, 0.25) is 0 Å². The number of piperidine rings is 2. The van der Waals surface area contributed by atoms with Crippen LogP contribution in [0.5, 0.6) is 23.0 Å². The van der Waals surface area contributed by atoms with Crippen LogP contribution in [0, 0.1) is 67.2 Å². The maximum absolute atomic E-state index is 12.6. The number of fused-ring (bicyclic) bond motifs is 5. The Labute approximate surface area is 612 Å². The molecule has 0 radical (unpaired) electrons. The third-order valence-corrected chi connectivity index (χ3v) is 21.6. The third-order valence-electron chi connectivity index (χ3n) is 19.7. The SMILES string of the molecule is C=CC.C=Cc1c(C)c2c(c(C)c1O)CCN(C)C2.C=Cc1c(C)c2c(c(C)c1OS(=O)(=O)C(F)(F)F)CCN(C)C2.CC1=C2CCN(C)CC2C(C)CC1=O.CN1CCC(=O)CC1.Cc1c(O)c(Br)c(C)c2c1CCN(C)C2.Cc1cc(O)c(C)c2c1CN(C)CC2.O=CO[O-].[Na+]. The number of aromatic hydroxyl groups is 3. The second-order valence-corrected chi connectivity index (χ2v) is 29.1. The third kappa shape index (κ3) is 22.4. The van der Waals surface area contributed by atoms with Crippen LogP contribution in [-0.4, -0.2) is 171 Å². The van der Waals surface area contributed by atoms with E-state index >= 15 is 0 Å². The summed E-state index contributed by atoms with van der Waals surface area (Å²) < 4.78 is 66.0. The molecule has 7 aliphatic rings. The molecule has 2 atom stereocenters. The van der Waals surface area contributed by atoms with Crippen molar-refractivity contribution in [2.24, 2.45) is 11.8 Å². The number of ketones is 2. The Morgan fingerprint density at radius 3 is 1.40 bits per heavy atom. The van der Waals surface area contributed by atoms with Crippen molar-refractivity contribution in [3.8, 4) is 23.0 Å². The number of alkyl halides is 3. The van der Waals surface area contributed by atoms with Gasteiger partial charge >= 0.3 is 45.2 Å². The summed E-state index contributed by atoms with van der Waals surface area (Å²) >= 11 is 3.46. The summed E-state index contributed by atoms with van der Waals surface area (Å²) in [7, 11) is 6.87. The minimum atomic E-state index is -5.72. The summed E-state index contributed by atoms with van der Waals surface area (Å²) in [5, 5.41) is 38.2. The summed E-state index contributed by atoms with van der Waals surface area (Å²) in [6, 6.07) is 1.88. The molecule has 2 unspecified atom stereocenters. The normalized spacial score (nSPS) is 18.6. The molecule has 3 N–H and O–H groups in total. The van der Waals surface area contributed by atoms with Gasteiger partial charge in [-0.3, -0.25) is 14.4 Å². The molecule has 98 heavy (non-hydrogen) atoms. The maximum Gasteiger partial charge on any atom is 1.00 e. The van der Waals surface area contributed by atoms with Crippen LogP contribution in [0.4, 0.5) is 13.2 Å². The number of likely N-dealkylation sites (N-methyl/N-ethyl adjacent to an activating group) is 4. The minimum Gasteiger partial charge on any atom is -0.662 e. The number of hydrogen-bond acceptors (Lipinski definition) is 17. The number of aryl methyl sites for hydroxylation is 1. The Morgan fingerprint density at radius 2 is 0.969 bits per heavy atom. The molecule has 23 heteroatoms. The van der Waals surface area contributed by atoms with Gasteiger partial charge in [0.15, 0.2) is 11.5 Å². The molecule has 0 aromatic heterocycles. The fraction of sp³-hybridized carbons (Fsp3) is 0.533. The number of hydrogen-bond donors (Lipinski definition) is 3. The van der Waals surface area contributed by atoms with Crippen LogP contribution in [0.1, 0.15) is 147 Å². The number of carbonyl (C=O) groups excluding carboxylic acids is 3. The topological polar surface area (TPSA) is 207 Å². The number of phenolic OH excluding ortho intramolecular Hbond substituents is 3. The second kappa shape index (κ2) is 39.3. The van der Waals surface area contributed by atoms with Gasteiger partial charge in [0, 0.05) is 109 Å². The van der Waals surface area contributed by atoms with Crippen molar-refractivity contribution in [3.63, 3.8) is 0 Å². The Balaban J connectivity index is 0.000000305. The Morgan fingerprint density at radius 1 is 0.582 bits per heavy atom. The van der Waals surface area contributed by atoms with Gasteiger partial charge in [0.1, 0.15) is 23.0 Å². The zero-order valence-electron chi connectivity index (χ0n) is 61.5. The van der Waals surface area contributed by atoms with Crippen LogP contribution in [0.15, 0.2) is 47.5 Å². The molecule has 0 amide bonds. The quantitative estimate of drug-likeness (QED) is 0.0324. The maximum atomic E-state index is 12.6. The smallest absolute Gasteiger partial charge is 0.662 e. The van der Waals surface area contributed by atoms with Crippen LogP contribution < -0.4 is 39.0 Å². The first-order valence-corrected chi connectivity index (χ1v) is 35.3. The molecule has 17 nitrogen and oxygen atoms in total. The van der Waals surface area contributed by atoms with Crippen LogP contribution in [0.3, 0.4) is 0 Å². The summed E-state index contributed by atoms with van der Waals surface area (Å²) in [5.41, 5.74) is 16.1. The van der Waals surface area contributed by atoms with Crippen LogP contribution in [-0.2, 0) is 81.3 Å². The van der Waals surface area contributed by atoms with Crippen molar-refractivity contribution in [1.29, 1.82) is 0 Å². The number of benzene rings is 4. The number of rotatable bonds is 5. The van der Waals surface area contributed by atoms with Gasteiger partial charge in [-0.25, -0.2) is 0 Å². The zero-order valence-corrected chi connectivity index (χ0v) is 65.9. The summed E-state index contributed by atoms with van der Waals surface area (Å²) in [5.74, 6) is 2.99. The van der Waals surface area contributed by atoms with E-state index in [1.54, 1.807) is 26.0 Å². The molecular formula is C75H107BrF3N6NaO11S. The Hall–Kier alpha value is -5.21. The van der Waals surface area contributed by atoms with Gasteiger partial charge < -0.3 is 59.0 Å². The van der Waals surface area contributed by atoms with E-state index in [0.29, 0.717) is 64.7 Å². The molecule has 1 aliphatic carbocycles. The number of carbonyl (C=O) groups is 3. The van der Waals surface area contributed by atoms with Gasteiger partial charge in [-0.2, -0.15) is 21.6 Å². The van der Waals surface area contributed by atoms with E-state index in [-0.39, 0.29) is 47.3 Å². The van der Waals surface area contributed by atoms with E-state index in [0.717, 1.165) is 160 Å². The van der Waals surface area contributed by atoms with Crippen molar-refractivity contribution >= 4 is 56.2 Å². The Bertz CT molecular complexity index is 3650. The average Bonchev–Trinajstić information content (AvgIpc) is 0.776. The molecule has 0 bridgehead atoms. The van der Waals surface area contributed by atoms with Crippen molar-refractivity contribution in [1.82, 2.24) is 29.4 Å². The van der Waals surface area contributed by atoms with Gasteiger partial charge in [-0.05, 0) is 272 Å². The van der Waals surface area contributed by atoms with Gasteiger partial charge in [-0.15, -0.1) is 6.58 Å². The van der Waals surface area contributed by atoms with E-state index in [1.165, 1.54) is 61.7 Å². The number of Topliss-reactive ketones (excluding diaryl/α,β-unsaturated/α-hetero) is 2. The molecule has 6 heterocycles. The Kier molecular flexibility index (Phi) is 34.9. The molecule has 6 aliphatic heterocycles. The van der Waals surface area contributed by atoms with Crippen molar-refractivity contribution in [2.75, 3.05) is 94.6 Å². The fourth-order valence-electron chi connectivity index (χ4n) is 13.6. The largest absolute Gasteiger partial charge is 1.00 e.